The number of hydrogen-bond acceptors (Lipinski definition) is 0. The third kappa shape index (κ3) is 3.66. The van der Waals surface area contributed by atoms with Gasteiger partial charge >= 0.3 is 0 Å². The molecule has 1 aromatic carbocycles. The van der Waals surface area contributed by atoms with Gasteiger partial charge in [-0.3, -0.25) is 0 Å². The fourth-order valence-corrected chi connectivity index (χ4v) is 2.83. The second-order valence-corrected chi connectivity index (χ2v) is 5.38. The van der Waals surface area contributed by atoms with Gasteiger partial charge in [-0.25, -0.2) is 0 Å². The average molecular weight is 216 g/mol. The zero-order valence-electron chi connectivity index (χ0n) is 10.5. The first kappa shape index (κ1) is 11.7. The molecular weight excluding hydrogens is 192 g/mol. The maximum Gasteiger partial charge on any atom is -0.0279 e. The van der Waals surface area contributed by atoms with E-state index in [1.165, 1.54) is 62.5 Å². The van der Waals surface area contributed by atoms with Crippen molar-refractivity contribution in [2.45, 2.75) is 58.3 Å². The molecule has 0 nitrogen and oxygen atoms in total. The summed E-state index contributed by atoms with van der Waals surface area (Å²) < 4.78 is 0. The molecule has 0 spiro atoms. The van der Waals surface area contributed by atoms with Gasteiger partial charge in [0.05, 0.1) is 0 Å². The largest absolute Gasteiger partial charge is 0.0591 e. The molecule has 0 bridgehead atoms. The zero-order valence-corrected chi connectivity index (χ0v) is 10.5. The van der Waals surface area contributed by atoms with Crippen molar-refractivity contribution >= 4 is 0 Å². The summed E-state index contributed by atoms with van der Waals surface area (Å²) in [5.41, 5.74) is 2.89. The van der Waals surface area contributed by atoms with Gasteiger partial charge in [0.1, 0.15) is 0 Å². The minimum Gasteiger partial charge on any atom is -0.0591 e. The normalized spacial score (nSPS) is 17.6. The second-order valence-electron chi connectivity index (χ2n) is 5.38. The quantitative estimate of drug-likeness (QED) is 0.671. The highest BCUT2D eigenvalue weighted by Crippen LogP contribution is 2.27. The van der Waals surface area contributed by atoms with Gasteiger partial charge in [-0.05, 0) is 31.2 Å². The molecular formula is C16H24. The van der Waals surface area contributed by atoms with Crippen molar-refractivity contribution in [1.29, 1.82) is 0 Å². The standard InChI is InChI=1S/C16H24/c1-14-10-12-16(13-11-14)9-5-8-15-6-3-2-4-7-15/h10-13,15H,2-9H2,1H3. The summed E-state index contributed by atoms with van der Waals surface area (Å²) in [5.74, 6) is 1.04. The SMILES string of the molecule is Cc1ccc(CCCC2CCCCC2)cc1. The Labute approximate surface area is 100 Å². The number of aryl methyl sites for hydroxylation is 2. The van der Waals surface area contributed by atoms with Crippen LogP contribution in [0, 0.1) is 12.8 Å². The highest BCUT2D eigenvalue weighted by atomic mass is 14.2. The molecule has 0 aromatic heterocycles. The lowest BCUT2D eigenvalue weighted by Gasteiger charge is -2.21. The molecule has 0 radical (unpaired) electrons. The highest BCUT2D eigenvalue weighted by Gasteiger charge is 2.12. The lowest BCUT2D eigenvalue weighted by atomic mass is 9.85. The summed E-state index contributed by atoms with van der Waals surface area (Å²) in [6.45, 7) is 2.16. The first-order valence-corrected chi connectivity index (χ1v) is 6.90. The minimum absolute atomic E-state index is 1.04. The van der Waals surface area contributed by atoms with Crippen molar-refractivity contribution < 1.29 is 0 Å². The molecule has 0 aliphatic heterocycles. The number of rotatable bonds is 4. The van der Waals surface area contributed by atoms with Gasteiger partial charge < -0.3 is 0 Å². The fraction of sp³-hybridized carbons (Fsp3) is 0.625. The summed E-state index contributed by atoms with van der Waals surface area (Å²) in [6, 6.07) is 9.04. The molecule has 0 atom stereocenters. The van der Waals surface area contributed by atoms with Gasteiger partial charge in [0.2, 0.25) is 0 Å². The molecule has 1 saturated carbocycles. The minimum atomic E-state index is 1.04. The summed E-state index contributed by atoms with van der Waals surface area (Å²) >= 11 is 0. The van der Waals surface area contributed by atoms with Crippen molar-refractivity contribution in [3.05, 3.63) is 35.4 Å². The maximum absolute atomic E-state index is 2.29. The molecule has 2 rings (SSSR count). The molecule has 0 heteroatoms. The van der Waals surface area contributed by atoms with Crippen LogP contribution in [-0.4, -0.2) is 0 Å². The maximum atomic E-state index is 2.29. The topological polar surface area (TPSA) is 0 Å². The molecule has 88 valence electrons. The summed E-state index contributed by atoms with van der Waals surface area (Å²) in [6.07, 6.45) is 11.5. The first-order chi connectivity index (χ1) is 7.84. The van der Waals surface area contributed by atoms with Crippen molar-refractivity contribution in [1.82, 2.24) is 0 Å². The molecule has 1 aliphatic rings. The Bertz CT molecular complexity index is 290. The van der Waals surface area contributed by atoms with Gasteiger partial charge in [0.25, 0.3) is 0 Å². The summed E-state index contributed by atoms with van der Waals surface area (Å²) in [4.78, 5) is 0. The van der Waals surface area contributed by atoms with Crippen LogP contribution >= 0.6 is 0 Å². The van der Waals surface area contributed by atoms with E-state index in [1.807, 2.05) is 0 Å². The number of hydrogen-bond donors (Lipinski definition) is 0. The second kappa shape index (κ2) is 6.08. The van der Waals surface area contributed by atoms with Crippen LogP contribution in [0.1, 0.15) is 56.1 Å². The van der Waals surface area contributed by atoms with Crippen LogP contribution in [0.2, 0.25) is 0 Å². The predicted molar refractivity (Wildman–Crippen MR) is 70.7 cm³/mol. The van der Waals surface area contributed by atoms with E-state index in [-0.39, 0.29) is 0 Å². The van der Waals surface area contributed by atoms with Crippen LogP contribution < -0.4 is 0 Å². The predicted octanol–water partition coefficient (Wildman–Crippen LogP) is 4.90. The fourth-order valence-electron chi connectivity index (χ4n) is 2.83. The Hall–Kier alpha value is -0.780. The summed E-state index contributed by atoms with van der Waals surface area (Å²) in [5, 5.41) is 0. The van der Waals surface area contributed by atoms with E-state index < -0.39 is 0 Å². The molecule has 0 amide bonds. The Morgan fingerprint density at radius 3 is 2.38 bits per heavy atom. The van der Waals surface area contributed by atoms with Crippen LogP contribution in [-0.2, 0) is 6.42 Å². The molecule has 0 saturated heterocycles. The van der Waals surface area contributed by atoms with Gasteiger partial charge in [0.15, 0.2) is 0 Å². The molecule has 1 aliphatic carbocycles. The Kier molecular flexibility index (Phi) is 4.44. The molecule has 1 fully saturated rings. The van der Waals surface area contributed by atoms with Crippen LogP contribution in [0.4, 0.5) is 0 Å². The Balaban J connectivity index is 1.69. The average Bonchev–Trinajstić information content (AvgIpc) is 2.33. The molecule has 0 N–H and O–H groups in total. The highest BCUT2D eigenvalue weighted by molar-refractivity contribution is 5.21. The zero-order chi connectivity index (χ0) is 11.2. The van der Waals surface area contributed by atoms with Crippen LogP contribution in [0.15, 0.2) is 24.3 Å². The molecule has 0 unspecified atom stereocenters. The monoisotopic (exact) mass is 216 g/mol. The van der Waals surface area contributed by atoms with E-state index in [0.29, 0.717) is 0 Å². The number of benzene rings is 1. The smallest absolute Gasteiger partial charge is 0.0279 e. The van der Waals surface area contributed by atoms with Crippen molar-refractivity contribution in [2.75, 3.05) is 0 Å². The first-order valence-electron chi connectivity index (χ1n) is 6.90. The Morgan fingerprint density at radius 1 is 1.00 bits per heavy atom. The van der Waals surface area contributed by atoms with Crippen LogP contribution in [0.3, 0.4) is 0 Å². The lowest BCUT2D eigenvalue weighted by Crippen LogP contribution is -2.06. The molecule has 0 heterocycles. The Morgan fingerprint density at radius 2 is 1.69 bits per heavy atom. The van der Waals surface area contributed by atoms with E-state index in [2.05, 4.69) is 31.2 Å². The van der Waals surface area contributed by atoms with Crippen molar-refractivity contribution in [3.8, 4) is 0 Å². The van der Waals surface area contributed by atoms with E-state index in [0.717, 1.165) is 5.92 Å². The van der Waals surface area contributed by atoms with Gasteiger partial charge in [-0.15, -0.1) is 0 Å². The molecule has 16 heavy (non-hydrogen) atoms. The van der Waals surface area contributed by atoms with E-state index >= 15 is 0 Å². The third-order valence-electron chi connectivity index (χ3n) is 3.92. The third-order valence-corrected chi connectivity index (χ3v) is 3.92. The van der Waals surface area contributed by atoms with E-state index in [1.54, 1.807) is 0 Å². The van der Waals surface area contributed by atoms with Crippen molar-refractivity contribution in [3.63, 3.8) is 0 Å². The van der Waals surface area contributed by atoms with Crippen LogP contribution in [0.25, 0.3) is 0 Å². The van der Waals surface area contributed by atoms with Crippen molar-refractivity contribution in [2.24, 2.45) is 5.92 Å². The molecule has 1 aromatic rings. The summed E-state index contributed by atoms with van der Waals surface area (Å²) in [7, 11) is 0. The van der Waals surface area contributed by atoms with Gasteiger partial charge in [-0.1, -0.05) is 68.4 Å². The van der Waals surface area contributed by atoms with Crippen LogP contribution in [0.5, 0.6) is 0 Å². The van der Waals surface area contributed by atoms with E-state index in [9.17, 15) is 0 Å². The van der Waals surface area contributed by atoms with Gasteiger partial charge in [-0.2, -0.15) is 0 Å². The van der Waals surface area contributed by atoms with Gasteiger partial charge in [0, 0.05) is 0 Å². The van der Waals surface area contributed by atoms with E-state index in [4.69, 9.17) is 0 Å². The lowest BCUT2D eigenvalue weighted by molar-refractivity contribution is 0.332.